The molecule has 0 aromatic heterocycles. The van der Waals surface area contributed by atoms with Crippen molar-refractivity contribution in [3.8, 4) is 34.5 Å². The Labute approximate surface area is 250 Å². The molecule has 12 nitrogen and oxygen atoms in total. The maximum absolute atomic E-state index is 13.8. The number of carbonyl (C=O) groups is 4. The lowest BCUT2D eigenvalue weighted by Gasteiger charge is -2.26. The van der Waals surface area contributed by atoms with Crippen molar-refractivity contribution in [1.29, 1.82) is 0 Å². The van der Waals surface area contributed by atoms with Gasteiger partial charge in [-0.15, -0.1) is 5.06 Å². The average Bonchev–Trinajstić information content (AvgIpc) is 3.30. The molecule has 4 rings (SSSR count). The lowest BCUT2D eigenvalue weighted by Crippen LogP contribution is -2.32. The topological polar surface area (TPSA) is 139 Å². The number of carbonyl (C=O) groups excluding carboxylic acids is 4. The maximum Gasteiger partial charge on any atom is 0.289 e. The molecule has 0 saturated heterocycles. The third-order valence-corrected chi connectivity index (χ3v) is 5.88. The number of hydrogen-bond acceptors (Lipinski definition) is 10. The van der Waals surface area contributed by atoms with E-state index in [1.54, 1.807) is 69.2 Å². The van der Waals surface area contributed by atoms with Crippen LogP contribution in [0.3, 0.4) is 0 Å². The zero-order valence-corrected chi connectivity index (χ0v) is 26.1. The molecule has 232 valence electrons. The number of benzene rings is 2. The molecule has 12 heteroatoms. The first-order valence-corrected chi connectivity index (χ1v) is 14.3. The zero-order valence-electron chi connectivity index (χ0n) is 26.1. The van der Waals surface area contributed by atoms with Crippen LogP contribution in [-0.2, 0) is 4.84 Å². The molecule has 0 aliphatic carbocycles. The molecule has 0 fully saturated rings. The van der Waals surface area contributed by atoms with Gasteiger partial charge in [-0.1, -0.05) is 0 Å². The summed E-state index contributed by atoms with van der Waals surface area (Å²) in [4.78, 5) is 58.3. The number of fused-ring (bicyclic) bond motifs is 2. The fraction of sp³-hybridized carbons (Fsp3) is 0.484. The molecule has 2 aliphatic rings. The van der Waals surface area contributed by atoms with Gasteiger partial charge in [-0.05, 0) is 81.4 Å². The molecule has 43 heavy (non-hydrogen) atoms. The van der Waals surface area contributed by atoms with Crippen molar-refractivity contribution in [1.82, 2.24) is 10.4 Å². The van der Waals surface area contributed by atoms with Crippen molar-refractivity contribution in [2.75, 3.05) is 0 Å². The van der Waals surface area contributed by atoms with Crippen LogP contribution in [-0.4, -0.2) is 59.2 Å². The number of hydrogen-bond donors (Lipinski definition) is 1. The van der Waals surface area contributed by atoms with E-state index in [9.17, 15) is 19.2 Å². The van der Waals surface area contributed by atoms with E-state index in [0.717, 1.165) is 0 Å². The van der Waals surface area contributed by atoms with Crippen LogP contribution < -0.4 is 29.0 Å². The van der Waals surface area contributed by atoms with E-state index >= 15 is 0 Å². The minimum absolute atomic E-state index is 0.00201. The molecule has 2 aromatic rings. The van der Waals surface area contributed by atoms with E-state index < -0.39 is 54.1 Å². The highest BCUT2D eigenvalue weighted by molar-refractivity contribution is 6.24. The number of nitrogens with one attached hydrogen (secondary N) is 1. The Morgan fingerprint density at radius 3 is 1.49 bits per heavy atom. The molecule has 0 radical (unpaired) electrons. The second-order valence-corrected chi connectivity index (χ2v) is 11.5. The van der Waals surface area contributed by atoms with Crippen LogP contribution in [0.1, 0.15) is 111 Å². The lowest BCUT2D eigenvalue weighted by molar-refractivity contribution is -0.120. The Bertz CT molecular complexity index is 1480. The van der Waals surface area contributed by atoms with Gasteiger partial charge in [-0.2, -0.15) is 0 Å². The highest BCUT2D eigenvalue weighted by atomic mass is 16.7. The summed E-state index contributed by atoms with van der Waals surface area (Å²) >= 11 is 0. The third kappa shape index (κ3) is 6.10. The van der Waals surface area contributed by atoms with Gasteiger partial charge in [-0.3, -0.25) is 29.3 Å². The Hall–Kier alpha value is -4.32. The number of rotatable bonds is 12. The summed E-state index contributed by atoms with van der Waals surface area (Å²) in [7, 11) is 0. The first-order valence-electron chi connectivity index (χ1n) is 14.3. The Morgan fingerprint density at radius 1 is 0.535 bits per heavy atom. The van der Waals surface area contributed by atoms with E-state index in [4.69, 9.17) is 28.5 Å². The molecule has 0 saturated carbocycles. The minimum atomic E-state index is -0.767. The second-order valence-electron chi connectivity index (χ2n) is 11.5. The van der Waals surface area contributed by atoms with Gasteiger partial charge >= 0.3 is 0 Å². The van der Waals surface area contributed by atoms with E-state index in [1.165, 1.54) is 12.1 Å². The molecule has 0 spiro atoms. The van der Waals surface area contributed by atoms with Crippen LogP contribution in [0.15, 0.2) is 12.1 Å². The molecular weight excluding hydrogens is 560 g/mol. The fourth-order valence-electron chi connectivity index (χ4n) is 4.56. The molecule has 1 N–H and O–H groups in total. The van der Waals surface area contributed by atoms with Crippen molar-refractivity contribution in [2.24, 2.45) is 0 Å². The normalized spacial score (nSPS) is 14.3. The van der Waals surface area contributed by atoms with Gasteiger partial charge in [0.05, 0.1) is 41.6 Å². The van der Waals surface area contributed by atoms with Crippen molar-refractivity contribution >= 4 is 23.6 Å². The monoisotopic (exact) mass is 598 g/mol. The van der Waals surface area contributed by atoms with Gasteiger partial charge in [0.25, 0.3) is 23.6 Å². The standard InChI is InChI=1S/C31H38N2O10/c1-13(2)38-23-19(12-11-18-20(23)29(35)32-28(18)34)42-27-25(40-15(5)6)22-21(30(36)33(31(22)37)43-17(9)10)24(39-14(3)4)26(27)41-16(7)8/h11-17H,1-10H3,(H,32,34,35). The number of hydroxylamine groups is 2. The average molecular weight is 599 g/mol. The highest BCUT2D eigenvalue weighted by Crippen LogP contribution is 2.56. The minimum Gasteiger partial charge on any atom is -0.486 e. The van der Waals surface area contributed by atoms with E-state index in [2.05, 4.69) is 5.32 Å². The summed E-state index contributed by atoms with van der Waals surface area (Å²) in [5.41, 5.74) is -0.0705. The molecule has 4 amide bonds. The summed E-state index contributed by atoms with van der Waals surface area (Å²) in [6.07, 6.45) is -2.26. The van der Waals surface area contributed by atoms with Crippen LogP contribution in [0.25, 0.3) is 0 Å². The Morgan fingerprint density at radius 2 is 1.00 bits per heavy atom. The van der Waals surface area contributed by atoms with Gasteiger partial charge in [0.1, 0.15) is 11.1 Å². The predicted octanol–water partition coefficient (Wildman–Crippen LogP) is 5.45. The van der Waals surface area contributed by atoms with Crippen molar-refractivity contribution in [3.63, 3.8) is 0 Å². The third-order valence-electron chi connectivity index (χ3n) is 5.88. The smallest absolute Gasteiger partial charge is 0.289 e. The number of amides is 4. The summed E-state index contributed by atoms with van der Waals surface area (Å²) in [5, 5.41) is 2.95. The molecule has 2 aliphatic heterocycles. The van der Waals surface area contributed by atoms with Crippen molar-refractivity contribution in [2.45, 2.75) is 99.8 Å². The molecular formula is C31H38N2O10. The van der Waals surface area contributed by atoms with Crippen molar-refractivity contribution in [3.05, 3.63) is 34.4 Å². The zero-order chi connectivity index (χ0) is 31.9. The first-order chi connectivity index (χ1) is 20.1. The summed E-state index contributed by atoms with van der Waals surface area (Å²) < 4.78 is 31.0. The molecule has 2 aromatic carbocycles. The number of imide groups is 2. The van der Waals surface area contributed by atoms with E-state index in [-0.39, 0.29) is 56.8 Å². The van der Waals surface area contributed by atoms with E-state index in [0.29, 0.717) is 5.06 Å². The van der Waals surface area contributed by atoms with Gasteiger partial charge in [0, 0.05) is 0 Å². The van der Waals surface area contributed by atoms with Crippen LogP contribution in [0.4, 0.5) is 0 Å². The Balaban J connectivity index is 2.08. The molecule has 2 heterocycles. The lowest BCUT2D eigenvalue weighted by atomic mass is 10.0. The quantitative estimate of drug-likeness (QED) is 0.314. The van der Waals surface area contributed by atoms with Crippen molar-refractivity contribution < 1.29 is 47.7 Å². The largest absolute Gasteiger partial charge is 0.486 e. The Kier molecular flexibility index (Phi) is 8.91. The van der Waals surface area contributed by atoms with Crippen LogP contribution in [0.5, 0.6) is 34.5 Å². The predicted molar refractivity (Wildman–Crippen MR) is 155 cm³/mol. The SMILES string of the molecule is CC(C)Oc1c(Oc2ccc3c(c2OC(C)C)C(=O)NC3=O)c(OC(C)C)c2c(c1OC(C)C)C(=O)N(OC(C)C)C2=O. The van der Waals surface area contributed by atoms with Gasteiger partial charge in [0.15, 0.2) is 23.0 Å². The van der Waals surface area contributed by atoms with Gasteiger partial charge in [0.2, 0.25) is 11.5 Å². The second kappa shape index (κ2) is 12.1. The summed E-state index contributed by atoms with van der Waals surface area (Å²) in [6.45, 7) is 17.5. The summed E-state index contributed by atoms with van der Waals surface area (Å²) in [6, 6.07) is 2.92. The van der Waals surface area contributed by atoms with Gasteiger partial charge < -0.3 is 23.7 Å². The first kappa shape index (κ1) is 31.6. The molecule has 0 unspecified atom stereocenters. The van der Waals surface area contributed by atoms with Crippen LogP contribution in [0.2, 0.25) is 0 Å². The molecule has 0 atom stereocenters. The fourth-order valence-corrected chi connectivity index (χ4v) is 4.56. The number of ether oxygens (including phenoxy) is 5. The maximum atomic E-state index is 13.8. The van der Waals surface area contributed by atoms with Crippen LogP contribution >= 0.6 is 0 Å². The van der Waals surface area contributed by atoms with E-state index in [1.807, 2.05) is 0 Å². The highest BCUT2D eigenvalue weighted by Gasteiger charge is 2.47. The molecule has 0 bridgehead atoms. The number of nitrogens with zero attached hydrogens (tertiary/aromatic N) is 1. The van der Waals surface area contributed by atoms with Gasteiger partial charge in [-0.25, -0.2) is 0 Å². The summed E-state index contributed by atoms with van der Waals surface area (Å²) in [5.74, 6) is -2.84. The van der Waals surface area contributed by atoms with Crippen LogP contribution in [0, 0.1) is 0 Å².